The fraction of sp³-hybridized carbons (Fsp3) is 0.333. The van der Waals surface area contributed by atoms with Gasteiger partial charge < -0.3 is 10.1 Å². The number of benzene rings is 2. The van der Waals surface area contributed by atoms with Crippen molar-refractivity contribution in [1.29, 1.82) is 0 Å². The zero-order chi connectivity index (χ0) is 19.6. The van der Waals surface area contributed by atoms with Gasteiger partial charge >= 0.3 is 5.97 Å². The summed E-state index contributed by atoms with van der Waals surface area (Å²) >= 11 is 0. The normalized spacial score (nSPS) is 16.0. The average Bonchev–Trinajstić information content (AvgIpc) is 2.77. The monoisotopic (exact) mass is 377 g/mol. The van der Waals surface area contributed by atoms with E-state index in [0.29, 0.717) is 13.0 Å². The molecule has 1 N–H and O–H groups in total. The molecule has 4 heteroatoms. The van der Waals surface area contributed by atoms with Crippen LogP contribution in [0.5, 0.6) is 0 Å². The van der Waals surface area contributed by atoms with E-state index in [-0.39, 0.29) is 30.3 Å². The van der Waals surface area contributed by atoms with Gasteiger partial charge in [0.1, 0.15) is 0 Å². The molecule has 28 heavy (non-hydrogen) atoms. The number of ether oxygens (including phenoxy) is 1. The third-order valence-corrected chi connectivity index (χ3v) is 5.11. The number of carbonyl (C=O) groups excluding carboxylic acids is 2. The Labute approximate surface area is 166 Å². The molecule has 3 rings (SSSR count). The molecule has 0 spiro atoms. The van der Waals surface area contributed by atoms with E-state index in [4.69, 9.17) is 4.74 Å². The molecule has 2 aromatic rings. The van der Waals surface area contributed by atoms with E-state index in [0.717, 1.165) is 19.3 Å². The maximum Gasteiger partial charge on any atom is 0.309 e. The fourth-order valence-electron chi connectivity index (χ4n) is 3.57. The first-order chi connectivity index (χ1) is 13.7. The Morgan fingerprint density at radius 3 is 2.18 bits per heavy atom. The van der Waals surface area contributed by atoms with E-state index in [1.807, 2.05) is 42.5 Å². The van der Waals surface area contributed by atoms with Gasteiger partial charge in [-0.25, -0.2) is 0 Å². The molecule has 0 fully saturated rings. The van der Waals surface area contributed by atoms with E-state index in [1.165, 1.54) is 11.1 Å². The third-order valence-electron chi connectivity index (χ3n) is 5.11. The summed E-state index contributed by atoms with van der Waals surface area (Å²) in [6.07, 6.45) is 7.26. The van der Waals surface area contributed by atoms with Crippen LogP contribution in [0.4, 0.5) is 0 Å². The predicted octanol–water partition coefficient (Wildman–Crippen LogP) is 4.22. The van der Waals surface area contributed by atoms with Gasteiger partial charge in [-0.3, -0.25) is 9.59 Å². The minimum atomic E-state index is -0.272. The Hall–Kier alpha value is -2.88. The molecule has 1 atom stereocenters. The Bertz CT molecular complexity index is 747. The number of esters is 1. The lowest BCUT2D eigenvalue weighted by atomic mass is 9.88. The first-order valence-electron chi connectivity index (χ1n) is 9.92. The minimum Gasteiger partial charge on any atom is -0.455 e. The second kappa shape index (κ2) is 10.5. The summed E-state index contributed by atoms with van der Waals surface area (Å²) < 4.78 is 5.19. The predicted molar refractivity (Wildman–Crippen MR) is 110 cm³/mol. The van der Waals surface area contributed by atoms with Crippen molar-refractivity contribution < 1.29 is 14.3 Å². The number of rotatable bonds is 8. The second-order valence-electron chi connectivity index (χ2n) is 7.10. The smallest absolute Gasteiger partial charge is 0.309 e. The van der Waals surface area contributed by atoms with Crippen molar-refractivity contribution in [2.75, 3.05) is 13.2 Å². The molecule has 146 valence electrons. The fourth-order valence-corrected chi connectivity index (χ4v) is 3.57. The first-order valence-corrected chi connectivity index (χ1v) is 9.92. The number of amides is 1. The van der Waals surface area contributed by atoms with Crippen molar-refractivity contribution >= 4 is 11.9 Å². The van der Waals surface area contributed by atoms with Crippen LogP contribution in [0, 0.1) is 5.92 Å². The highest BCUT2D eigenvalue weighted by Crippen LogP contribution is 2.27. The van der Waals surface area contributed by atoms with Gasteiger partial charge in [-0.15, -0.1) is 0 Å². The second-order valence-corrected chi connectivity index (χ2v) is 7.10. The zero-order valence-electron chi connectivity index (χ0n) is 16.1. The summed E-state index contributed by atoms with van der Waals surface area (Å²) in [5.74, 6) is -0.428. The molecule has 2 aromatic carbocycles. The summed E-state index contributed by atoms with van der Waals surface area (Å²) in [5, 5.41) is 2.88. The lowest BCUT2D eigenvalue weighted by molar-refractivity contribution is -0.152. The van der Waals surface area contributed by atoms with Crippen LogP contribution in [0.15, 0.2) is 72.8 Å². The van der Waals surface area contributed by atoms with Crippen molar-refractivity contribution in [3.63, 3.8) is 0 Å². The minimum absolute atomic E-state index is 0.113. The van der Waals surface area contributed by atoms with Gasteiger partial charge in [0, 0.05) is 12.5 Å². The van der Waals surface area contributed by atoms with Crippen LogP contribution >= 0.6 is 0 Å². The largest absolute Gasteiger partial charge is 0.455 e. The Morgan fingerprint density at radius 2 is 1.61 bits per heavy atom. The first kappa shape index (κ1) is 19.9. The number of hydrogen-bond donors (Lipinski definition) is 1. The van der Waals surface area contributed by atoms with E-state index in [2.05, 4.69) is 35.7 Å². The Kier molecular flexibility index (Phi) is 7.42. The molecule has 0 heterocycles. The summed E-state index contributed by atoms with van der Waals surface area (Å²) in [6.45, 7) is 0.317. The molecule has 0 saturated heterocycles. The van der Waals surface area contributed by atoms with Gasteiger partial charge in [-0.2, -0.15) is 0 Å². The van der Waals surface area contributed by atoms with Crippen LogP contribution in [0.25, 0.3) is 0 Å². The summed E-state index contributed by atoms with van der Waals surface area (Å²) in [5.41, 5.74) is 2.44. The number of carbonyl (C=O) groups is 2. The number of allylic oxidation sites excluding steroid dienone is 2. The lowest BCUT2D eigenvalue weighted by Crippen LogP contribution is -2.31. The molecule has 0 aliphatic heterocycles. The van der Waals surface area contributed by atoms with Crippen LogP contribution in [-0.4, -0.2) is 25.0 Å². The average molecular weight is 377 g/mol. The third kappa shape index (κ3) is 5.81. The molecule has 0 unspecified atom stereocenters. The van der Waals surface area contributed by atoms with Gasteiger partial charge in [0.15, 0.2) is 6.61 Å². The van der Waals surface area contributed by atoms with Gasteiger partial charge in [0.05, 0.1) is 5.92 Å². The van der Waals surface area contributed by atoms with Crippen molar-refractivity contribution in [3.8, 4) is 0 Å². The summed E-state index contributed by atoms with van der Waals surface area (Å²) in [7, 11) is 0. The molecular weight excluding hydrogens is 350 g/mol. The van der Waals surface area contributed by atoms with Crippen LogP contribution in [0.2, 0.25) is 0 Å². The summed E-state index contributed by atoms with van der Waals surface area (Å²) in [6, 6.07) is 20.6. The van der Waals surface area contributed by atoms with E-state index in [1.54, 1.807) is 0 Å². The van der Waals surface area contributed by atoms with Crippen molar-refractivity contribution in [3.05, 3.63) is 83.9 Å². The van der Waals surface area contributed by atoms with Crippen molar-refractivity contribution in [2.24, 2.45) is 5.92 Å². The highest BCUT2D eigenvalue weighted by Gasteiger charge is 2.21. The SMILES string of the molecule is O=C(COC(=O)[C@H]1CC=CCC1)NCCC(c1ccccc1)c1ccccc1. The lowest BCUT2D eigenvalue weighted by Gasteiger charge is -2.19. The topological polar surface area (TPSA) is 55.4 Å². The van der Waals surface area contributed by atoms with Gasteiger partial charge in [-0.05, 0) is 36.8 Å². The Balaban J connectivity index is 1.48. The maximum absolute atomic E-state index is 12.1. The van der Waals surface area contributed by atoms with Crippen LogP contribution in [0.1, 0.15) is 42.7 Å². The number of hydrogen-bond acceptors (Lipinski definition) is 3. The van der Waals surface area contributed by atoms with E-state index >= 15 is 0 Å². The molecule has 0 radical (unpaired) electrons. The van der Waals surface area contributed by atoms with Gasteiger partial charge in [-0.1, -0.05) is 72.8 Å². The van der Waals surface area contributed by atoms with Crippen LogP contribution in [0.3, 0.4) is 0 Å². The Morgan fingerprint density at radius 1 is 0.964 bits per heavy atom. The van der Waals surface area contributed by atoms with Gasteiger partial charge in [0.25, 0.3) is 5.91 Å². The van der Waals surface area contributed by atoms with E-state index in [9.17, 15) is 9.59 Å². The standard InChI is InChI=1S/C24H27NO3/c26-23(18-28-24(27)21-14-8-3-9-15-21)25-17-16-22(19-10-4-1-5-11-19)20-12-6-2-7-13-20/h1-8,10-13,21-22H,9,14-18H2,(H,25,26)/t21-/m0/s1. The molecule has 1 aliphatic carbocycles. The molecule has 4 nitrogen and oxygen atoms in total. The quantitative estimate of drug-likeness (QED) is 0.553. The molecule has 0 aromatic heterocycles. The van der Waals surface area contributed by atoms with Crippen LogP contribution in [-0.2, 0) is 14.3 Å². The molecule has 0 bridgehead atoms. The molecule has 0 saturated carbocycles. The molecule has 1 aliphatic rings. The van der Waals surface area contributed by atoms with E-state index < -0.39 is 0 Å². The maximum atomic E-state index is 12.1. The zero-order valence-corrected chi connectivity index (χ0v) is 16.1. The highest BCUT2D eigenvalue weighted by atomic mass is 16.5. The highest BCUT2D eigenvalue weighted by molar-refractivity contribution is 5.81. The summed E-state index contributed by atoms with van der Waals surface area (Å²) in [4.78, 5) is 24.1. The van der Waals surface area contributed by atoms with Gasteiger partial charge in [0.2, 0.25) is 0 Å². The molecular formula is C24H27NO3. The van der Waals surface area contributed by atoms with Crippen LogP contribution < -0.4 is 5.32 Å². The van der Waals surface area contributed by atoms with Crippen molar-refractivity contribution in [2.45, 2.75) is 31.6 Å². The number of nitrogens with one attached hydrogen (secondary N) is 1. The van der Waals surface area contributed by atoms with Crippen molar-refractivity contribution in [1.82, 2.24) is 5.32 Å². The molecule has 1 amide bonds.